The highest BCUT2D eigenvalue weighted by atomic mass is 16.4. The van der Waals surface area contributed by atoms with Crippen molar-refractivity contribution < 1.29 is 20.1 Å². The molecule has 0 amide bonds. The molecule has 22 heavy (non-hydrogen) atoms. The Labute approximate surface area is 136 Å². The van der Waals surface area contributed by atoms with E-state index in [1.165, 1.54) is 12.8 Å². The van der Waals surface area contributed by atoms with Crippen molar-refractivity contribution in [3.8, 4) is 0 Å². The second kappa shape index (κ2) is 12.9. The van der Waals surface area contributed by atoms with Crippen LogP contribution < -0.4 is 0 Å². The number of aliphatic hydroxyl groups excluding tert-OH is 2. The molecule has 0 fully saturated rings. The van der Waals surface area contributed by atoms with E-state index in [2.05, 4.69) is 20.8 Å². The largest absolute Gasteiger partial charge is 0.481 e. The van der Waals surface area contributed by atoms with Gasteiger partial charge >= 0.3 is 5.97 Å². The van der Waals surface area contributed by atoms with Gasteiger partial charge in [0.15, 0.2) is 0 Å². The van der Waals surface area contributed by atoms with Gasteiger partial charge in [0.1, 0.15) is 0 Å². The molecule has 0 heterocycles. The average Bonchev–Trinajstić information content (AvgIpc) is 2.54. The maximum absolute atomic E-state index is 10.8. The van der Waals surface area contributed by atoms with Crippen LogP contribution in [-0.2, 0) is 4.79 Å². The monoisotopic (exact) mass is 318 g/mol. The highest BCUT2D eigenvalue weighted by Crippen LogP contribution is 2.28. The lowest BCUT2D eigenvalue weighted by molar-refractivity contribution is -0.152. The lowest BCUT2D eigenvalue weighted by Crippen LogP contribution is -2.34. The highest BCUT2D eigenvalue weighted by Gasteiger charge is 2.35. The Morgan fingerprint density at radius 2 is 1.36 bits per heavy atom. The highest BCUT2D eigenvalue weighted by molar-refractivity contribution is 5.74. The number of rotatable bonds is 11. The molecule has 4 nitrogen and oxygen atoms in total. The van der Waals surface area contributed by atoms with Crippen LogP contribution in [0.4, 0.5) is 0 Å². The molecule has 0 radical (unpaired) electrons. The Morgan fingerprint density at radius 1 is 0.864 bits per heavy atom. The van der Waals surface area contributed by atoms with E-state index in [9.17, 15) is 4.79 Å². The SMILES string of the molecule is CCCCC(C)(CC)CO.CCCCC(CC)(CO)C(=O)O. The van der Waals surface area contributed by atoms with Crippen LogP contribution in [0.1, 0.15) is 86.0 Å². The molecule has 2 atom stereocenters. The maximum atomic E-state index is 10.8. The summed E-state index contributed by atoms with van der Waals surface area (Å²) in [6, 6.07) is 0. The molecular weight excluding hydrogens is 280 g/mol. The van der Waals surface area contributed by atoms with E-state index in [0.29, 0.717) is 19.4 Å². The van der Waals surface area contributed by atoms with Crippen LogP contribution in [0.3, 0.4) is 0 Å². The quantitative estimate of drug-likeness (QED) is 0.532. The lowest BCUT2D eigenvalue weighted by Gasteiger charge is -2.25. The topological polar surface area (TPSA) is 77.8 Å². The normalized spacial score (nSPS) is 16.1. The van der Waals surface area contributed by atoms with Gasteiger partial charge in [0.25, 0.3) is 0 Å². The van der Waals surface area contributed by atoms with Gasteiger partial charge in [-0.05, 0) is 31.1 Å². The zero-order valence-electron chi connectivity index (χ0n) is 15.3. The number of aliphatic carboxylic acids is 1. The summed E-state index contributed by atoms with van der Waals surface area (Å²) in [5.41, 5.74) is -0.702. The van der Waals surface area contributed by atoms with E-state index in [1.54, 1.807) is 6.92 Å². The molecule has 0 bridgehead atoms. The molecule has 0 saturated carbocycles. The fourth-order valence-corrected chi connectivity index (χ4v) is 2.18. The minimum Gasteiger partial charge on any atom is -0.481 e. The summed E-state index contributed by atoms with van der Waals surface area (Å²) in [5, 5.41) is 26.9. The summed E-state index contributed by atoms with van der Waals surface area (Å²) in [4.78, 5) is 10.8. The second-order valence-corrected chi connectivity index (χ2v) is 6.63. The number of hydrogen-bond donors (Lipinski definition) is 3. The summed E-state index contributed by atoms with van der Waals surface area (Å²) in [6.45, 7) is 10.4. The van der Waals surface area contributed by atoms with Crippen molar-refractivity contribution in [1.29, 1.82) is 0 Å². The number of unbranched alkanes of at least 4 members (excludes halogenated alkanes) is 2. The minimum atomic E-state index is -0.893. The van der Waals surface area contributed by atoms with Crippen LogP contribution in [0, 0.1) is 10.8 Å². The molecule has 0 aliphatic rings. The molecule has 0 aromatic rings. The van der Waals surface area contributed by atoms with Crippen LogP contribution in [0.15, 0.2) is 0 Å². The van der Waals surface area contributed by atoms with Crippen LogP contribution in [0.25, 0.3) is 0 Å². The maximum Gasteiger partial charge on any atom is 0.311 e. The van der Waals surface area contributed by atoms with Gasteiger partial charge in [-0.25, -0.2) is 0 Å². The van der Waals surface area contributed by atoms with Gasteiger partial charge in [0, 0.05) is 6.61 Å². The summed E-state index contributed by atoms with van der Waals surface area (Å²) >= 11 is 0. The van der Waals surface area contributed by atoms with Gasteiger partial charge in [-0.2, -0.15) is 0 Å². The Bertz CT molecular complexity index is 268. The third kappa shape index (κ3) is 8.74. The van der Waals surface area contributed by atoms with Gasteiger partial charge in [-0.3, -0.25) is 4.79 Å². The first-order chi connectivity index (χ1) is 10.3. The van der Waals surface area contributed by atoms with Crippen molar-refractivity contribution in [3.05, 3.63) is 0 Å². The van der Waals surface area contributed by atoms with Gasteiger partial charge in [-0.1, -0.05) is 60.3 Å². The first kappa shape index (κ1) is 23.7. The number of carboxylic acids is 1. The molecule has 0 aliphatic carbocycles. The predicted octanol–water partition coefficient (Wildman–Crippen LogP) is 4.24. The van der Waals surface area contributed by atoms with Crippen molar-refractivity contribution in [1.82, 2.24) is 0 Å². The Balaban J connectivity index is 0. The molecule has 3 N–H and O–H groups in total. The number of carboxylic acid groups (broad SMARTS) is 1. The van der Waals surface area contributed by atoms with E-state index >= 15 is 0 Å². The van der Waals surface area contributed by atoms with Gasteiger partial charge < -0.3 is 15.3 Å². The number of aliphatic hydroxyl groups is 2. The van der Waals surface area contributed by atoms with Crippen molar-refractivity contribution >= 4 is 5.97 Å². The van der Waals surface area contributed by atoms with E-state index in [1.807, 2.05) is 6.92 Å². The van der Waals surface area contributed by atoms with Crippen LogP contribution in [0.5, 0.6) is 0 Å². The van der Waals surface area contributed by atoms with E-state index in [-0.39, 0.29) is 12.0 Å². The molecule has 2 unspecified atom stereocenters. The van der Waals surface area contributed by atoms with Crippen molar-refractivity contribution in [2.45, 2.75) is 86.0 Å². The molecule has 4 heteroatoms. The van der Waals surface area contributed by atoms with Gasteiger partial charge in [0.05, 0.1) is 12.0 Å². The Kier molecular flexibility index (Phi) is 13.9. The standard InChI is InChI=1S/C9H18O3.C9H20O/c1-3-5-6-9(4-2,7-10)8(11)12;1-4-6-7-9(3,5-2)8-10/h10H,3-7H2,1-2H3,(H,11,12);10H,4-8H2,1-3H3. The zero-order valence-corrected chi connectivity index (χ0v) is 15.3. The van der Waals surface area contributed by atoms with Crippen molar-refractivity contribution in [3.63, 3.8) is 0 Å². The molecule has 0 aliphatic heterocycles. The third-order valence-electron chi connectivity index (χ3n) is 4.81. The molecule has 0 aromatic carbocycles. The first-order valence-corrected chi connectivity index (χ1v) is 8.76. The van der Waals surface area contributed by atoms with E-state index in [0.717, 1.165) is 25.7 Å². The zero-order chi connectivity index (χ0) is 17.6. The van der Waals surface area contributed by atoms with Crippen molar-refractivity contribution in [2.75, 3.05) is 13.2 Å². The van der Waals surface area contributed by atoms with Crippen LogP contribution >= 0.6 is 0 Å². The smallest absolute Gasteiger partial charge is 0.311 e. The predicted molar refractivity (Wildman–Crippen MR) is 92.0 cm³/mol. The van der Waals surface area contributed by atoms with Gasteiger partial charge in [0.2, 0.25) is 0 Å². The van der Waals surface area contributed by atoms with Gasteiger partial charge in [-0.15, -0.1) is 0 Å². The Hall–Kier alpha value is -0.610. The number of carbonyl (C=O) groups is 1. The summed E-state index contributed by atoms with van der Waals surface area (Å²) in [7, 11) is 0. The molecule has 0 saturated heterocycles. The van der Waals surface area contributed by atoms with Crippen molar-refractivity contribution in [2.24, 2.45) is 10.8 Å². The second-order valence-electron chi connectivity index (χ2n) is 6.63. The molecule has 0 rings (SSSR count). The molecule has 0 aromatic heterocycles. The summed E-state index contributed by atoms with van der Waals surface area (Å²) < 4.78 is 0. The fraction of sp³-hybridized carbons (Fsp3) is 0.944. The third-order valence-corrected chi connectivity index (χ3v) is 4.81. The van der Waals surface area contributed by atoms with Crippen LogP contribution in [-0.4, -0.2) is 34.5 Å². The van der Waals surface area contributed by atoms with E-state index < -0.39 is 11.4 Å². The molecular formula is C18H38O4. The minimum absolute atomic E-state index is 0.190. The molecule has 0 spiro atoms. The summed E-state index contributed by atoms with van der Waals surface area (Å²) in [6.07, 6.45) is 7.63. The van der Waals surface area contributed by atoms with E-state index in [4.69, 9.17) is 15.3 Å². The fourth-order valence-electron chi connectivity index (χ4n) is 2.18. The summed E-state index contributed by atoms with van der Waals surface area (Å²) in [5.74, 6) is -0.874. The first-order valence-electron chi connectivity index (χ1n) is 8.76. The average molecular weight is 318 g/mol. The molecule has 134 valence electrons. The number of hydrogen-bond acceptors (Lipinski definition) is 3. The van der Waals surface area contributed by atoms with Crippen LogP contribution in [0.2, 0.25) is 0 Å². The Morgan fingerprint density at radius 3 is 1.64 bits per heavy atom. The lowest BCUT2D eigenvalue weighted by atomic mass is 9.81.